The molecule has 1 aromatic carbocycles. The van der Waals surface area contributed by atoms with Gasteiger partial charge in [0.2, 0.25) is 5.91 Å². The monoisotopic (exact) mass is 459 g/mol. The number of thioether (sulfide) groups is 2. The van der Waals surface area contributed by atoms with Gasteiger partial charge in [-0.05, 0) is 18.2 Å². The molecule has 0 spiro atoms. The molecule has 1 aliphatic rings. The molecule has 2 aromatic rings. The van der Waals surface area contributed by atoms with E-state index in [-0.39, 0.29) is 22.2 Å². The number of halogens is 3. The van der Waals surface area contributed by atoms with Crippen molar-refractivity contribution in [3.05, 3.63) is 45.9 Å². The standard InChI is InChI=1S/C19H20F3N3O3S2/c1-11-8-14-16(30-11)17(27)25(6-7-28-2)18(24-14)29-10-15(26)23-13-5-3-4-12(9-13)19(20,21)22/h3-5,9,11H,6-8,10H2,1-2H3,(H,23,26)/t11-/m0/s1. The average Bonchev–Trinajstić information content (AvgIpc) is 3.06. The highest BCUT2D eigenvalue weighted by Crippen LogP contribution is 2.34. The van der Waals surface area contributed by atoms with Crippen LogP contribution in [0.25, 0.3) is 0 Å². The second-order valence-electron chi connectivity index (χ2n) is 6.67. The van der Waals surface area contributed by atoms with Crippen molar-refractivity contribution >= 4 is 35.1 Å². The first-order chi connectivity index (χ1) is 14.2. The third kappa shape index (κ3) is 5.38. The lowest BCUT2D eigenvalue weighted by molar-refractivity contribution is -0.137. The maximum atomic E-state index is 12.8. The molecule has 0 radical (unpaired) electrons. The Balaban J connectivity index is 1.74. The number of ether oxygens (including phenoxy) is 1. The van der Waals surface area contributed by atoms with Crippen LogP contribution in [0.15, 0.2) is 39.1 Å². The molecule has 162 valence electrons. The van der Waals surface area contributed by atoms with Gasteiger partial charge in [-0.1, -0.05) is 24.8 Å². The summed E-state index contributed by atoms with van der Waals surface area (Å²) in [6, 6.07) is 4.43. The molecule has 0 saturated heterocycles. The van der Waals surface area contributed by atoms with E-state index < -0.39 is 17.6 Å². The van der Waals surface area contributed by atoms with Crippen LogP contribution in [-0.4, -0.2) is 40.2 Å². The van der Waals surface area contributed by atoms with Crippen LogP contribution in [-0.2, 0) is 28.7 Å². The summed E-state index contributed by atoms with van der Waals surface area (Å²) in [7, 11) is 1.53. The van der Waals surface area contributed by atoms with Crippen LogP contribution >= 0.6 is 23.5 Å². The van der Waals surface area contributed by atoms with Crippen molar-refractivity contribution < 1.29 is 22.7 Å². The van der Waals surface area contributed by atoms with E-state index >= 15 is 0 Å². The van der Waals surface area contributed by atoms with Gasteiger partial charge in [0, 0.05) is 24.5 Å². The molecule has 0 aliphatic carbocycles. The van der Waals surface area contributed by atoms with Crippen molar-refractivity contribution in [3.8, 4) is 0 Å². The van der Waals surface area contributed by atoms with Crippen molar-refractivity contribution in [1.29, 1.82) is 0 Å². The Labute approximate surface area is 179 Å². The summed E-state index contributed by atoms with van der Waals surface area (Å²) in [6.07, 6.45) is -3.82. The molecule has 0 fully saturated rings. The van der Waals surface area contributed by atoms with Crippen LogP contribution in [0.3, 0.4) is 0 Å². The van der Waals surface area contributed by atoms with Crippen LogP contribution in [0.1, 0.15) is 18.2 Å². The van der Waals surface area contributed by atoms with Gasteiger partial charge >= 0.3 is 6.18 Å². The number of nitrogens with one attached hydrogen (secondary N) is 1. The molecular formula is C19H20F3N3O3S2. The number of alkyl halides is 3. The summed E-state index contributed by atoms with van der Waals surface area (Å²) in [4.78, 5) is 30.3. The molecule has 30 heavy (non-hydrogen) atoms. The topological polar surface area (TPSA) is 73.2 Å². The summed E-state index contributed by atoms with van der Waals surface area (Å²) in [5.41, 5.74) is -0.230. The first-order valence-corrected chi connectivity index (χ1v) is 10.9. The van der Waals surface area contributed by atoms with Crippen molar-refractivity contribution in [1.82, 2.24) is 9.55 Å². The van der Waals surface area contributed by atoms with Crippen molar-refractivity contribution in [2.45, 2.75) is 41.4 Å². The summed E-state index contributed by atoms with van der Waals surface area (Å²) >= 11 is 2.56. The number of nitrogens with zero attached hydrogens (tertiary/aromatic N) is 2. The minimum Gasteiger partial charge on any atom is -0.383 e. The van der Waals surface area contributed by atoms with E-state index in [1.807, 2.05) is 6.92 Å². The van der Waals surface area contributed by atoms with Gasteiger partial charge in [-0.3, -0.25) is 14.2 Å². The van der Waals surface area contributed by atoms with E-state index in [1.165, 1.54) is 35.6 Å². The maximum Gasteiger partial charge on any atom is 0.416 e. The second-order valence-corrected chi connectivity index (χ2v) is 9.06. The van der Waals surface area contributed by atoms with E-state index in [4.69, 9.17) is 4.74 Å². The summed E-state index contributed by atoms with van der Waals surface area (Å²) < 4.78 is 45.0. The normalized spacial score (nSPS) is 15.8. The van der Waals surface area contributed by atoms with E-state index in [2.05, 4.69) is 10.3 Å². The summed E-state index contributed by atoms with van der Waals surface area (Å²) in [6.45, 7) is 2.62. The molecule has 1 atom stereocenters. The number of hydrogen-bond donors (Lipinski definition) is 1. The first kappa shape index (κ1) is 22.7. The SMILES string of the molecule is COCCn1c(SCC(=O)Nc2cccc(C(F)(F)F)c2)nc2c(c1=O)S[C@@H](C)C2. The summed E-state index contributed by atoms with van der Waals surface area (Å²) in [5, 5.41) is 3.10. The zero-order valence-electron chi connectivity index (χ0n) is 16.3. The highest BCUT2D eigenvalue weighted by atomic mass is 32.2. The zero-order chi connectivity index (χ0) is 21.9. The molecule has 11 heteroatoms. The summed E-state index contributed by atoms with van der Waals surface area (Å²) in [5.74, 6) is -0.591. The van der Waals surface area contributed by atoms with Crippen molar-refractivity contribution in [2.24, 2.45) is 0 Å². The molecule has 6 nitrogen and oxygen atoms in total. The third-order valence-electron chi connectivity index (χ3n) is 4.29. The Hall–Kier alpha value is -1.98. The number of amides is 1. The predicted molar refractivity (Wildman–Crippen MR) is 110 cm³/mol. The van der Waals surface area contributed by atoms with Crippen LogP contribution in [0, 0.1) is 0 Å². The van der Waals surface area contributed by atoms with Gasteiger partial charge < -0.3 is 10.1 Å². The highest BCUT2D eigenvalue weighted by molar-refractivity contribution is 8.00. The minimum absolute atomic E-state index is 0.0549. The van der Waals surface area contributed by atoms with E-state index in [0.717, 1.165) is 23.9 Å². The number of aromatic nitrogens is 2. The van der Waals surface area contributed by atoms with E-state index in [0.29, 0.717) is 35.3 Å². The Morgan fingerprint density at radius 1 is 1.43 bits per heavy atom. The van der Waals surface area contributed by atoms with Gasteiger partial charge in [0.1, 0.15) is 0 Å². The molecule has 0 bridgehead atoms. The van der Waals surface area contributed by atoms with Crippen LogP contribution < -0.4 is 10.9 Å². The number of methoxy groups -OCH3 is 1. The van der Waals surface area contributed by atoms with Gasteiger partial charge in [0.05, 0.1) is 35.1 Å². The minimum atomic E-state index is -4.49. The molecular weight excluding hydrogens is 439 g/mol. The quantitative estimate of drug-likeness (QED) is 0.503. The number of anilines is 1. The number of carbonyl (C=O) groups is 1. The van der Waals surface area contributed by atoms with E-state index in [1.54, 1.807) is 0 Å². The maximum absolute atomic E-state index is 12.8. The number of hydrogen-bond acceptors (Lipinski definition) is 6. The Kier molecular flexibility index (Phi) is 7.14. The van der Waals surface area contributed by atoms with Gasteiger partial charge in [-0.15, -0.1) is 11.8 Å². The smallest absolute Gasteiger partial charge is 0.383 e. The lowest BCUT2D eigenvalue weighted by Crippen LogP contribution is -2.27. The predicted octanol–water partition coefficient (Wildman–Crippen LogP) is 3.68. The Morgan fingerprint density at radius 2 is 2.20 bits per heavy atom. The largest absolute Gasteiger partial charge is 0.416 e. The van der Waals surface area contributed by atoms with E-state index in [9.17, 15) is 22.8 Å². The van der Waals surface area contributed by atoms with Crippen LogP contribution in [0.4, 0.5) is 18.9 Å². The Bertz CT molecular complexity index is 995. The fourth-order valence-electron chi connectivity index (χ4n) is 2.92. The van der Waals surface area contributed by atoms with Gasteiger partial charge in [-0.2, -0.15) is 13.2 Å². The molecule has 1 aromatic heterocycles. The highest BCUT2D eigenvalue weighted by Gasteiger charge is 2.30. The molecule has 0 unspecified atom stereocenters. The number of fused-ring (bicyclic) bond motifs is 1. The van der Waals surface area contributed by atoms with Crippen molar-refractivity contribution in [3.63, 3.8) is 0 Å². The van der Waals surface area contributed by atoms with Crippen LogP contribution in [0.5, 0.6) is 0 Å². The van der Waals surface area contributed by atoms with Crippen LogP contribution in [0.2, 0.25) is 0 Å². The first-order valence-electron chi connectivity index (χ1n) is 9.08. The molecule has 1 N–H and O–H groups in total. The lowest BCUT2D eigenvalue weighted by atomic mass is 10.2. The molecule has 0 saturated carbocycles. The number of benzene rings is 1. The fraction of sp³-hybridized carbons (Fsp3) is 0.421. The molecule has 2 heterocycles. The number of carbonyl (C=O) groups excluding carboxylic acids is 1. The number of rotatable bonds is 7. The molecule has 1 amide bonds. The zero-order valence-corrected chi connectivity index (χ0v) is 17.9. The Morgan fingerprint density at radius 3 is 2.90 bits per heavy atom. The molecule has 3 rings (SSSR count). The van der Waals surface area contributed by atoms with Gasteiger partial charge in [0.25, 0.3) is 5.56 Å². The lowest BCUT2D eigenvalue weighted by Gasteiger charge is -2.13. The fourth-order valence-corrected chi connectivity index (χ4v) is 4.88. The van der Waals surface area contributed by atoms with Gasteiger partial charge in [-0.25, -0.2) is 4.98 Å². The third-order valence-corrected chi connectivity index (χ3v) is 6.48. The molecule has 1 aliphatic heterocycles. The van der Waals surface area contributed by atoms with Crippen molar-refractivity contribution in [2.75, 3.05) is 24.8 Å². The second kappa shape index (κ2) is 9.44. The average molecular weight is 460 g/mol. The van der Waals surface area contributed by atoms with Gasteiger partial charge in [0.15, 0.2) is 5.16 Å².